The van der Waals surface area contributed by atoms with E-state index in [9.17, 15) is 68.7 Å². The van der Waals surface area contributed by atoms with Crippen LogP contribution >= 0.6 is 23.5 Å². The molecule has 2 saturated carbocycles. The van der Waals surface area contributed by atoms with Crippen LogP contribution in [0.1, 0.15) is 180 Å². The van der Waals surface area contributed by atoms with E-state index in [2.05, 4.69) is 90.4 Å². The van der Waals surface area contributed by atoms with Crippen LogP contribution in [0.15, 0.2) is 24.3 Å². The van der Waals surface area contributed by atoms with Crippen LogP contribution in [0.5, 0.6) is 0 Å². The Hall–Kier alpha value is -7.37. The van der Waals surface area contributed by atoms with Gasteiger partial charge in [-0.05, 0) is 177 Å². The fraction of sp³-hybridized carbons (Fsp3) is 0.753. The summed E-state index contributed by atoms with van der Waals surface area (Å²) in [7, 11) is 0. The molecule has 12 amide bonds. The smallest absolute Gasteiger partial charge is 0.303 e. The van der Waals surface area contributed by atoms with E-state index in [0.717, 1.165) is 30.5 Å². The highest BCUT2D eigenvalue weighted by molar-refractivity contribution is 7.98. The Bertz CT molecular complexity index is 3420. The lowest BCUT2D eigenvalue weighted by atomic mass is 9.83. The van der Waals surface area contributed by atoms with E-state index in [0.29, 0.717) is 108 Å². The summed E-state index contributed by atoms with van der Waals surface area (Å²) in [5.74, 6) is -11.2. The van der Waals surface area contributed by atoms with Crippen molar-refractivity contribution in [3.63, 3.8) is 0 Å². The number of piperidine rings is 1. The topological polar surface area (TPSA) is 554 Å². The average Bonchev–Trinajstić information content (AvgIpc) is 1.74. The first-order valence-corrected chi connectivity index (χ1v) is 43.5. The van der Waals surface area contributed by atoms with Crippen LogP contribution in [0.4, 0.5) is 0 Å². The Morgan fingerprint density at radius 1 is 0.487 bits per heavy atom. The molecule has 644 valence electrons. The summed E-state index contributed by atoms with van der Waals surface area (Å²) < 4.78 is 0. The number of benzene rings is 1. The normalized spacial score (nSPS) is 33.3. The van der Waals surface area contributed by atoms with Crippen molar-refractivity contribution >= 4 is 100 Å². The maximum atomic E-state index is 15.2. The number of nitrogens with one attached hydrogen (secondary N) is 17. The Morgan fingerprint density at radius 3 is 1.38 bits per heavy atom. The van der Waals surface area contributed by atoms with Crippen molar-refractivity contribution in [3.8, 4) is 0 Å². The summed E-state index contributed by atoms with van der Waals surface area (Å²) in [6, 6.07) is -9.14. The van der Waals surface area contributed by atoms with Gasteiger partial charge in [0.2, 0.25) is 70.9 Å². The van der Waals surface area contributed by atoms with E-state index in [-0.39, 0.29) is 99.4 Å². The van der Waals surface area contributed by atoms with Gasteiger partial charge >= 0.3 is 5.97 Å². The quantitative estimate of drug-likeness (QED) is 0.0596. The lowest BCUT2D eigenvalue weighted by molar-refractivity contribution is -0.139. The number of carboxylic acids is 1. The van der Waals surface area contributed by atoms with Crippen molar-refractivity contribution < 1.29 is 87.9 Å². The van der Waals surface area contributed by atoms with Crippen molar-refractivity contribution in [2.24, 2.45) is 29.4 Å². The first kappa shape index (κ1) is 93.1. The summed E-state index contributed by atoms with van der Waals surface area (Å²) in [6.45, 7) is 8.73. The van der Waals surface area contributed by atoms with E-state index < -0.39 is 187 Å². The van der Waals surface area contributed by atoms with Gasteiger partial charge in [0.15, 0.2) is 0 Å². The third kappa shape index (κ3) is 30.2. The second kappa shape index (κ2) is 47.3. The first-order valence-electron chi connectivity index (χ1n) is 41.2. The van der Waals surface area contributed by atoms with Gasteiger partial charge < -0.3 is 122 Å². The molecule has 115 heavy (non-hydrogen) atoms. The number of aliphatic hydroxyl groups is 4. The number of rotatable bonds is 20. The second-order valence-electron chi connectivity index (χ2n) is 32.1. The van der Waals surface area contributed by atoms with E-state index in [1.165, 1.54) is 37.4 Å². The number of nitrogens with two attached hydrogens (primary N) is 1. The number of hydrogen-bond acceptors (Lipinski definition) is 25. The monoisotopic (exact) mass is 1650 g/mol. The first-order chi connectivity index (χ1) is 55.0. The molecule has 1 aromatic rings. The predicted octanol–water partition coefficient (Wildman–Crippen LogP) is -3.76. The maximum absolute atomic E-state index is 15.2. The summed E-state index contributed by atoms with van der Waals surface area (Å²) in [6.07, 6.45) is -0.00210. The van der Waals surface area contributed by atoms with Crippen LogP contribution in [-0.2, 0) is 73.8 Å². The van der Waals surface area contributed by atoms with Crippen LogP contribution in [0.3, 0.4) is 0 Å². The maximum Gasteiger partial charge on any atom is 0.303 e. The number of carbonyl (C=O) groups excluding carboxylic acids is 12. The molecule has 18 atom stereocenters. The van der Waals surface area contributed by atoms with Crippen LogP contribution in [0, 0.1) is 23.7 Å². The summed E-state index contributed by atoms with van der Waals surface area (Å²) in [5, 5.41) is 103. The van der Waals surface area contributed by atoms with Crippen LogP contribution in [-0.4, -0.2) is 263 Å². The number of primary amides is 1. The molecule has 0 aromatic heterocycles. The Kier molecular flexibility index (Phi) is 38.3. The van der Waals surface area contributed by atoms with E-state index in [4.69, 9.17) is 5.73 Å². The number of amides is 12. The van der Waals surface area contributed by atoms with Gasteiger partial charge in [-0.15, -0.1) is 0 Å². The minimum Gasteiger partial charge on any atom is -0.481 e. The van der Waals surface area contributed by atoms with Gasteiger partial charge in [-0.3, -0.25) is 62.3 Å². The van der Waals surface area contributed by atoms with Gasteiger partial charge in [0, 0.05) is 74.4 Å². The largest absolute Gasteiger partial charge is 0.481 e. The fourth-order valence-corrected chi connectivity index (χ4v) is 18.1. The molecule has 5 heterocycles. The molecule has 38 heteroatoms. The summed E-state index contributed by atoms with van der Waals surface area (Å²) in [4.78, 5) is 187. The molecule has 8 rings (SSSR count). The predicted molar refractivity (Wildman–Crippen MR) is 428 cm³/mol. The summed E-state index contributed by atoms with van der Waals surface area (Å²) in [5.41, 5.74) is 7.59. The average molecular weight is 1660 g/mol. The number of fused-ring (bicyclic) bond motifs is 3. The third-order valence-electron chi connectivity index (χ3n) is 22.8. The lowest BCUT2D eigenvalue weighted by Gasteiger charge is -2.33. The van der Waals surface area contributed by atoms with Gasteiger partial charge in [-0.25, -0.2) is 0 Å². The van der Waals surface area contributed by atoms with Crippen molar-refractivity contribution in [3.05, 3.63) is 35.4 Å². The van der Waals surface area contributed by atoms with E-state index >= 15 is 19.2 Å². The molecule has 7 aliphatic rings. The highest BCUT2D eigenvalue weighted by Gasteiger charge is 2.44. The molecule has 2 aliphatic carbocycles. The Labute approximate surface area is 680 Å². The van der Waals surface area contributed by atoms with Crippen LogP contribution in [0.2, 0.25) is 0 Å². The number of carboxylic acid groups (broad SMARTS) is 1. The summed E-state index contributed by atoms with van der Waals surface area (Å²) >= 11 is 2.74. The van der Waals surface area contributed by atoms with Gasteiger partial charge in [-0.2, -0.15) is 23.5 Å². The zero-order chi connectivity index (χ0) is 83.3. The number of hydrogen-bond donors (Lipinski definition) is 23. The lowest BCUT2D eigenvalue weighted by Crippen LogP contribution is -2.63. The van der Waals surface area contributed by atoms with Crippen LogP contribution < -0.4 is 96.1 Å². The molecule has 0 radical (unpaired) electrons. The molecule has 6 fully saturated rings. The highest BCUT2D eigenvalue weighted by Crippen LogP contribution is 2.33. The number of aliphatic hydroxyl groups excluding tert-OH is 4. The standard InChI is InChI=1S/C77H126N18O18S2/c1-5-9-53-68(104)88-55(22-23-63(101)102)69(105)89-56(28-43-14-18-50(98)19-15-43)71(107)87-54(10-6-2)70(106)94-65(42(4)97)77(113)93-61(66(78)103)38-115-37-46-12-7-11-45(27-46)36-114-26-24-62(100)85-59(31-48-34-79-39-83-48)74(110)90-57(29-44-16-20-51(99)21-17-44)72(108)91-60(32-49-35-80-40-84-49)75(111)95-64(41(3)96)76(112)92-58(73(109)86-53)30-47-33-82-67-52(47)13-8-25-81-67/h7,11-12,27,41-44,47-61,64-65,67,79-84,96-99H,5-6,8-10,13-26,28-40H2,1-4H3,(H2,78,103)(H,85,100)(H,86,109)(H,87,107)(H,88,104)(H,89,105)(H,90,110)(H,91,108)(H,92,112)(H,93,113)(H,94,106)(H,95,111)(H,101,102)/t41-,42-,43?,44?,47?,48?,49?,50?,51?,52?,53+,54+,55+,56+,57+,58+,59+,60+,61+,64+,65+,67?/m1/s1. The molecule has 24 N–H and O–H groups in total. The Balaban J connectivity index is 1.11. The molecule has 0 spiro atoms. The Morgan fingerprint density at radius 2 is 0.913 bits per heavy atom. The number of carbonyl (C=O) groups is 13. The molecule has 5 aliphatic heterocycles. The number of thioether (sulfide) groups is 2. The van der Waals surface area contributed by atoms with Crippen molar-refractivity contribution in [2.45, 2.75) is 290 Å². The van der Waals surface area contributed by atoms with Gasteiger partial charge in [-0.1, -0.05) is 51.0 Å². The van der Waals surface area contributed by atoms with E-state index in [1.807, 2.05) is 24.3 Å². The SMILES string of the molecule is CCC[C@@H]1NC(=O)[C@H](CC2CNC3NCCCC23)NC(=O)[C@H]([C@@H](C)O)NC(=O)[C@H](CC2CNCN2)NC(=O)[C@H](CC2CCC(O)CC2)NC(=O)[C@H](CC2CNCN2)NC(=O)CCSCc2cccc(c2)CSC[C@@H](C(N)=O)NC(=O)[C@H]([C@@H](C)O)NC(=O)[C@H](CCC)NC(=O)[C@H](CC2CCC(O)CC2)NC(=O)[C@H](CCC(=O)O)NC1=O. The zero-order valence-electron chi connectivity index (χ0n) is 66.6. The molecule has 2 bridgehead atoms. The molecule has 4 saturated heterocycles. The molecular weight excluding hydrogens is 1530 g/mol. The van der Waals surface area contributed by atoms with E-state index in [1.54, 1.807) is 13.8 Å². The minimum atomic E-state index is -1.78. The third-order valence-corrected chi connectivity index (χ3v) is 25.0. The van der Waals surface area contributed by atoms with Crippen molar-refractivity contribution in [2.75, 3.05) is 51.0 Å². The van der Waals surface area contributed by atoms with Gasteiger partial charge in [0.05, 0.1) is 30.6 Å². The van der Waals surface area contributed by atoms with Gasteiger partial charge in [0.25, 0.3) is 0 Å². The molecule has 36 nitrogen and oxygen atoms in total. The molecule has 5 unspecified atom stereocenters. The number of aliphatic carboxylic acids is 1. The fourth-order valence-electron chi connectivity index (χ4n) is 16.2. The zero-order valence-corrected chi connectivity index (χ0v) is 68.2. The molecular formula is C77H126N18O18S2. The second-order valence-corrected chi connectivity index (χ2v) is 34.2. The van der Waals surface area contributed by atoms with Crippen molar-refractivity contribution in [1.82, 2.24) is 90.4 Å². The minimum absolute atomic E-state index is 0.00760. The van der Waals surface area contributed by atoms with Crippen molar-refractivity contribution in [1.29, 1.82) is 0 Å². The van der Waals surface area contributed by atoms with Crippen LogP contribution in [0.25, 0.3) is 0 Å². The highest BCUT2D eigenvalue weighted by atomic mass is 32.2. The molecule has 1 aromatic carbocycles. The van der Waals surface area contributed by atoms with Gasteiger partial charge in [0.1, 0.15) is 66.5 Å².